The van der Waals surface area contributed by atoms with Gasteiger partial charge in [0.1, 0.15) is 0 Å². The average Bonchev–Trinajstić information content (AvgIpc) is 2.33. The normalized spacial score (nSPS) is 45.0. The molecule has 0 saturated carbocycles. The van der Waals surface area contributed by atoms with Crippen LogP contribution in [0.3, 0.4) is 0 Å². The molecule has 2 fully saturated rings. The van der Waals surface area contributed by atoms with Gasteiger partial charge in [0.2, 0.25) is 0 Å². The molecule has 2 saturated heterocycles. The van der Waals surface area contributed by atoms with Crippen molar-refractivity contribution in [2.75, 3.05) is 26.2 Å². The summed E-state index contributed by atoms with van der Waals surface area (Å²) < 4.78 is 13.3. The SMILES string of the molecule is CC(C)N1C[C@]2(C)CN(F)C[C@]2(C)C1. The van der Waals surface area contributed by atoms with Crippen molar-refractivity contribution in [1.29, 1.82) is 0 Å². The van der Waals surface area contributed by atoms with Crippen LogP contribution in [0.1, 0.15) is 27.7 Å². The first-order valence-corrected chi connectivity index (χ1v) is 5.51. The highest BCUT2D eigenvalue weighted by atomic mass is 19.2. The van der Waals surface area contributed by atoms with Crippen molar-refractivity contribution >= 4 is 0 Å². The minimum absolute atomic E-state index is 0.145. The van der Waals surface area contributed by atoms with Crippen molar-refractivity contribution in [2.24, 2.45) is 10.8 Å². The lowest BCUT2D eigenvalue weighted by molar-refractivity contribution is 0.0288. The molecule has 0 aromatic rings. The van der Waals surface area contributed by atoms with Crippen molar-refractivity contribution in [2.45, 2.75) is 33.7 Å². The minimum Gasteiger partial charge on any atom is -0.300 e. The summed E-state index contributed by atoms with van der Waals surface area (Å²) in [5.41, 5.74) is 0.290. The van der Waals surface area contributed by atoms with Gasteiger partial charge in [-0.2, -0.15) is 0 Å². The molecule has 0 aliphatic carbocycles. The van der Waals surface area contributed by atoms with Gasteiger partial charge in [0, 0.05) is 43.1 Å². The van der Waals surface area contributed by atoms with Gasteiger partial charge in [0.15, 0.2) is 0 Å². The van der Waals surface area contributed by atoms with Gasteiger partial charge in [-0.05, 0) is 13.8 Å². The number of nitrogens with zero attached hydrogens (tertiary/aromatic N) is 2. The summed E-state index contributed by atoms with van der Waals surface area (Å²) in [6, 6.07) is 0.585. The summed E-state index contributed by atoms with van der Waals surface area (Å²) in [5, 5.41) is 0.998. The van der Waals surface area contributed by atoms with Crippen LogP contribution in [-0.4, -0.2) is 42.2 Å². The van der Waals surface area contributed by atoms with E-state index < -0.39 is 0 Å². The van der Waals surface area contributed by atoms with Gasteiger partial charge in [-0.3, -0.25) is 4.90 Å². The molecule has 0 aromatic carbocycles. The van der Waals surface area contributed by atoms with E-state index in [2.05, 4.69) is 32.6 Å². The van der Waals surface area contributed by atoms with E-state index in [9.17, 15) is 4.48 Å². The standard InChI is InChI=1S/C11H21FN2/c1-9(2)13-5-10(3)7-14(12)8-11(10,4)6-13/h9H,5-8H2,1-4H3/t10-,11+. The van der Waals surface area contributed by atoms with Crippen molar-refractivity contribution in [3.8, 4) is 0 Å². The molecule has 0 amide bonds. The molecule has 2 aliphatic heterocycles. The average molecular weight is 200 g/mol. The zero-order valence-electron chi connectivity index (χ0n) is 9.68. The van der Waals surface area contributed by atoms with Crippen LogP contribution in [0, 0.1) is 10.8 Å². The summed E-state index contributed by atoms with van der Waals surface area (Å²) in [6.07, 6.45) is 0. The van der Waals surface area contributed by atoms with Crippen LogP contribution < -0.4 is 0 Å². The third kappa shape index (κ3) is 1.29. The molecule has 2 atom stereocenters. The summed E-state index contributed by atoms with van der Waals surface area (Å²) in [6.45, 7) is 12.2. The fourth-order valence-electron chi connectivity index (χ4n) is 2.99. The van der Waals surface area contributed by atoms with Crippen LogP contribution in [0.5, 0.6) is 0 Å². The minimum atomic E-state index is 0.145. The zero-order valence-corrected chi connectivity index (χ0v) is 9.68. The second kappa shape index (κ2) is 2.92. The van der Waals surface area contributed by atoms with E-state index in [4.69, 9.17) is 0 Å². The van der Waals surface area contributed by atoms with Crippen molar-refractivity contribution in [3.05, 3.63) is 0 Å². The first-order valence-electron chi connectivity index (χ1n) is 5.51. The lowest BCUT2D eigenvalue weighted by Crippen LogP contribution is -2.34. The maximum Gasteiger partial charge on any atom is 0.0363 e. The van der Waals surface area contributed by atoms with E-state index in [0.29, 0.717) is 19.1 Å². The Hall–Kier alpha value is -0.150. The molecule has 0 N–H and O–H groups in total. The summed E-state index contributed by atoms with van der Waals surface area (Å²) in [7, 11) is 0. The van der Waals surface area contributed by atoms with Crippen LogP contribution in [0.2, 0.25) is 0 Å². The lowest BCUT2D eigenvalue weighted by Gasteiger charge is -2.30. The number of rotatable bonds is 1. The quantitative estimate of drug-likeness (QED) is 0.597. The topological polar surface area (TPSA) is 6.48 Å². The van der Waals surface area contributed by atoms with E-state index in [1.165, 1.54) is 0 Å². The first kappa shape index (κ1) is 10.4. The fourth-order valence-corrected chi connectivity index (χ4v) is 2.99. The predicted octanol–water partition coefficient (Wildman–Crippen LogP) is 1.92. The highest BCUT2D eigenvalue weighted by Gasteiger charge is 2.58. The van der Waals surface area contributed by atoms with Gasteiger partial charge in [-0.15, -0.1) is 9.60 Å². The summed E-state index contributed by atoms with van der Waals surface area (Å²) >= 11 is 0. The molecule has 2 nitrogen and oxygen atoms in total. The molecule has 82 valence electrons. The first-order chi connectivity index (χ1) is 6.36. The third-order valence-electron chi connectivity index (χ3n) is 4.33. The highest BCUT2D eigenvalue weighted by Crippen LogP contribution is 2.51. The molecule has 14 heavy (non-hydrogen) atoms. The van der Waals surface area contributed by atoms with Crippen molar-refractivity contribution in [1.82, 2.24) is 10.0 Å². The van der Waals surface area contributed by atoms with Gasteiger partial charge >= 0.3 is 0 Å². The second-order valence-corrected chi connectivity index (χ2v) is 5.90. The lowest BCUT2D eigenvalue weighted by atomic mass is 9.71. The van der Waals surface area contributed by atoms with Crippen LogP contribution in [0.25, 0.3) is 0 Å². The molecule has 2 aliphatic rings. The Labute approximate surface area is 86.0 Å². The van der Waals surface area contributed by atoms with E-state index in [0.717, 1.165) is 18.2 Å². The molecule has 0 bridgehead atoms. The number of hydrogen-bond donors (Lipinski definition) is 0. The molecular weight excluding hydrogens is 179 g/mol. The van der Waals surface area contributed by atoms with E-state index >= 15 is 0 Å². The van der Waals surface area contributed by atoms with Crippen LogP contribution in [0.4, 0.5) is 4.48 Å². The molecule has 2 heterocycles. The largest absolute Gasteiger partial charge is 0.300 e. The van der Waals surface area contributed by atoms with Crippen molar-refractivity contribution < 1.29 is 4.48 Å². The number of hydrogen-bond acceptors (Lipinski definition) is 2. The molecule has 0 unspecified atom stereocenters. The number of likely N-dealkylation sites (tertiary alicyclic amines) is 1. The maximum absolute atomic E-state index is 13.3. The fraction of sp³-hybridized carbons (Fsp3) is 1.00. The second-order valence-electron chi connectivity index (χ2n) is 5.90. The molecule has 2 rings (SSSR count). The molecule has 0 radical (unpaired) electrons. The monoisotopic (exact) mass is 200 g/mol. The number of halogens is 1. The van der Waals surface area contributed by atoms with Crippen molar-refractivity contribution in [3.63, 3.8) is 0 Å². The smallest absolute Gasteiger partial charge is 0.0363 e. The van der Waals surface area contributed by atoms with Gasteiger partial charge in [0.25, 0.3) is 0 Å². The van der Waals surface area contributed by atoms with Crippen LogP contribution in [0.15, 0.2) is 0 Å². The Morgan fingerprint density at radius 1 is 1.00 bits per heavy atom. The Bertz CT molecular complexity index is 223. The Morgan fingerprint density at radius 2 is 1.43 bits per heavy atom. The molecule has 0 aromatic heterocycles. The van der Waals surface area contributed by atoms with Gasteiger partial charge < -0.3 is 0 Å². The predicted molar refractivity (Wildman–Crippen MR) is 55.6 cm³/mol. The van der Waals surface area contributed by atoms with Gasteiger partial charge in [-0.25, -0.2) is 0 Å². The Kier molecular flexibility index (Phi) is 2.16. The summed E-state index contributed by atoms with van der Waals surface area (Å²) in [5.74, 6) is 0. The van der Waals surface area contributed by atoms with E-state index in [1.807, 2.05) is 0 Å². The molecule has 0 spiro atoms. The van der Waals surface area contributed by atoms with Gasteiger partial charge in [-0.1, -0.05) is 13.8 Å². The molecular formula is C11H21FN2. The highest BCUT2D eigenvalue weighted by molar-refractivity contribution is 5.08. The number of fused-ring (bicyclic) bond motifs is 1. The van der Waals surface area contributed by atoms with Gasteiger partial charge in [0.05, 0.1) is 0 Å². The maximum atomic E-state index is 13.3. The molecule has 3 heteroatoms. The van der Waals surface area contributed by atoms with E-state index in [1.54, 1.807) is 0 Å². The Balaban J connectivity index is 2.19. The third-order valence-corrected chi connectivity index (χ3v) is 4.33. The summed E-state index contributed by atoms with van der Waals surface area (Å²) in [4.78, 5) is 2.48. The van der Waals surface area contributed by atoms with Crippen LogP contribution >= 0.6 is 0 Å². The zero-order chi connectivity index (χ0) is 10.6. The Morgan fingerprint density at radius 3 is 1.79 bits per heavy atom. The van der Waals surface area contributed by atoms with Crippen LogP contribution in [-0.2, 0) is 0 Å². The van der Waals surface area contributed by atoms with E-state index in [-0.39, 0.29) is 10.8 Å².